The van der Waals surface area contributed by atoms with Crippen LogP contribution in [0.2, 0.25) is 0 Å². The molecule has 0 radical (unpaired) electrons. The molecule has 0 saturated heterocycles. The van der Waals surface area contributed by atoms with Gasteiger partial charge in [0.05, 0.1) is 12.3 Å². The molecule has 1 aromatic carbocycles. The lowest BCUT2D eigenvalue weighted by Crippen LogP contribution is -2.46. The van der Waals surface area contributed by atoms with Crippen molar-refractivity contribution in [2.45, 2.75) is 43.4 Å². The maximum atomic E-state index is 13.1. The fourth-order valence-corrected chi connectivity index (χ4v) is 4.50. The van der Waals surface area contributed by atoms with Gasteiger partial charge in [0.25, 0.3) is 10.0 Å². The van der Waals surface area contributed by atoms with Gasteiger partial charge >= 0.3 is 5.97 Å². The van der Waals surface area contributed by atoms with Gasteiger partial charge in [-0.05, 0) is 31.9 Å². The second-order valence-electron chi connectivity index (χ2n) is 5.95. The highest BCUT2D eigenvalue weighted by molar-refractivity contribution is 7.90. The Morgan fingerprint density at radius 3 is 2.63 bits per heavy atom. The number of carbonyl (C=O) groups excluding carboxylic acids is 1. The molecule has 1 heterocycles. The summed E-state index contributed by atoms with van der Waals surface area (Å²) in [4.78, 5) is 16.5. The number of esters is 1. The van der Waals surface area contributed by atoms with Gasteiger partial charge in [0.2, 0.25) is 0 Å². The van der Waals surface area contributed by atoms with Gasteiger partial charge in [0, 0.05) is 19.8 Å². The zero-order valence-corrected chi connectivity index (χ0v) is 17.1. The normalized spacial score (nSPS) is 16.4. The first-order chi connectivity index (χ1) is 12.9. The molecule has 0 bridgehead atoms. The molecule has 9 heteroatoms. The summed E-state index contributed by atoms with van der Waals surface area (Å²) in [6.45, 7) is 5.02. The molecule has 1 aromatic rings. The summed E-state index contributed by atoms with van der Waals surface area (Å²) in [6.07, 6.45) is 2.44. The molecule has 27 heavy (non-hydrogen) atoms. The van der Waals surface area contributed by atoms with E-state index in [1.807, 2.05) is 0 Å². The van der Waals surface area contributed by atoms with Crippen LogP contribution in [-0.4, -0.2) is 56.3 Å². The first kappa shape index (κ1) is 21.7. The Balaban J connectivity index is 2.25. The number of nitrogens with zero attached hydrogens (tertiary/aromatic N) is 2. The Labute approximate surface area is 165 Å². The number of rotatable bonds is 10. The molecule has 1 atom stereocenters. The van der Waals surface area contributed by atoms with Crippen LogP contribution in [0.15, 0.2) is 34.2 Å². The average Bonchev–Trinajstić information content (AvgIpc) is 2.65. The SMILES string of the molecule is CCCCOCCCN1C(C(Cl)C(=O)OCC)=Nc2ccccc2S1(=O)=O. The van der Waals surface area contributed by atoms with Crippen LogP contribution in [0, 0.1) is 0 Å². The largest absolute Gasteiger partial charge is 0.465 e. The van der Waals surface area contributed by atoms with E-state index in [4.69, 9.17) is 21.1 Å². The zero-order valence-electron chi connectivity index (χ0n) is 15.6. The van der Waals surface area contributed by atoms with Gasteiger partial charge in [-0.2, -0.15) is 0 Å². The van der Waals surface area contributed by atoms with E-state index >= 15 is 0 Å². The van der Waals surface area contributed by atoms with E-state index in [0.29, 0.717) is 19.6 Å². The van der Waals surface area contributed by atoms with E-state index in [-0.39, 0.29) is 29.6 Å². The van der Waals surface area contributed by atoms with Crippen LogP contribution < -0.4 is 0 Å². The monoisotopic (exact) mass is 416 g/mol. The van der Waals surface area contributed by atoms with Crippen LogP contribution in [0.1, 0.15) is 33.1 Å². The molecule has 1 aliphatic rings. The topological polar surface area (TPSA) is 85.3 Å². The van der Waals surface area contributed by atoms with Gasteiger partial charge in [0.15, 0.2) is 5.38 Å². The smallest absolute Gasteiger partial charge is 0.331 e. The molecule has 0 fully saturated rings. The number of ether oxygens (including phenoxy) is 2. The number of hydrogen-bond acceptors (Lipinski definition) is 6. The molecular weight excluding hydrogens is 392 g/mol. The highest BCUT2D eigenvalue weighted by Crippen LogP contribution is 2.33. The molecule has 7 nitrogen and oxygen atoms in total. The molecule has 1 aliphatic heterocycles. The van der Waals surface area contributed by atoms with Gasteiger partial charge in [-0.15, -0.1) is 11.6 Å². The summed E-state index contributed by atoms with van der Waals surface area (Å²) >= 11 is 6.22. The number of carbonyl (C=O) groups is 1. The molecule has 0 amide bonds. The molecule has 150 valence electrons. The number of benzene rings is 1. The van der Waals surface area contributed by atoms with Gasteiger partial charge < -0.3 is 9.47 Å². The standard InChI is InChI=1S/C18H25ClN2O5S/c1-3-5-12-25-13-8-11-21-17(16(19)18(22)26-4-2)20-14-9-6-7-10-15(14)27(21,23)24/h6-7,9-10,16H,3-5,8,11-13H2,1-2H3. The van der Waals surface area contributed by atoms with Crippen molar-refractivity contribution in [3.63, 3.8) is 0 Å². The number of hydrogen-bond donors (Lipinski definition) is 0. The second-order valence-corrected chi connectivity index (χ2v) is 8.22. The quantitative estimate of drug-likeness (QED) is 0.332. The number of unbranched alkanes of at least 4 members (excludes halogenated alkanes) is 1. The molecule has 0 spiro atoms. The molecule has 0 aromatic heterocycles. The van der Waals surface area contributed by atoms with Crippen molar-refractivity contribution in [3.8, 4) is 0 Å². The maximum absolute atomic E-state index is 13.1. The summed E-state index contributed by atoms with van der Waals surface area (Å²) in [5.74, 6) is -0.765. The summed E-state index contributed by atoms with van der Waals surface area (Å²) in [6, 6.07) is 6.38. The predicted molar refractivity (Wildman–Crippen MR) is 104 cm³/mol. The third kappa shape index (κ3) is 5.21. The lowest BCUT2D eigenvalue weighted by atomic mass is 10.3. The van der Waals surface area contributed by atoms with E-state index in [1.165, 1.54) is 6.07 Å². The van der Waals surface area contributed by atoms with E-state index in [2.05, 4.69) is 11.9 Å². The van der Waals surface area contributed by atoms with Crippen LogP contribution in [0.3, 0.4) is 0 Å². The number of sulfonamides is 1. The van der Waals surface area contributed by atoms with Crippen molar-refractivity contribution in [1.29, 1.82) is 0 Å². The third-order valence-corrected chi connectivity index (χ3v) is 6.16. The Morgan fingerprint density at radius 2 is 1.93 bits per heavy atom. The summed E-state index contributed by atoms with van der Waals surface area (Å²) in [5, 5.41) is -1.31. The van der Waals surface area contributed by atoms with E-state index in [9.17, 15) is 13.2 Å². The first-order valence-corrected chi connectivity index (χ1v) is 10.9. The molecule has 0 aliphatic carbocycles. The second kappa shape index (κ2) is 10.1. The van der Waals surface area contributed by atoms with Crippen LogP contribution in [0.25, 0.3) is 0 Å². The number of fused-ring (bicyclic) bond motifs is 1. The predicted octanol–water partition coefficient (Wildman–Crippen LogP) is 3.10. The Morgan fingerprint density at radius 1 is 1.22 bits per heavy atom. The van der Waals surface area contributed by atoms with Crippen LogP contribution in [0.4, 0.5) is 5.69 Å². The molecule has 0 saturated carbocycles. The fourth-order valence-electron chi connectivity index (χ4n) is 2.59. The lowest BCUT2D eigenvalue weighted by Gasteiger charge is -2.31. The molecule has 0 N–H and O–H groups in total. The van der Waals surface area contributed by atoms with Crippen molar-refractivity contribution in [2.24, 2.45) is 4.99 Å². The highest BCUT2D eigenvalue weighted by atomic mass is 35.5. The highest BCUT2D eigenvalue weighted by Gasteiger charge is 2.39. The number of amidine groups is 1. The van der Waals surface area contributed by atoms with Crippen molar-refractivity contribution in [2.75, 3.05) is 26.4 Å². The number of alkyl halides is 1. The number of halogens is 1. The fraction of sp³-hybridized carbons (Fsp3) is 0.556. The molecule has 1 unspecified atom stereocenters. The molecular formula is C18H25ClN2O5S. The average molecular weight is 417 g/mol. The van der Waals surface area contributed by atoms with Crippen LogP contribution in [0.5, 0.6) is 0 Å². The summed E-state index contributed by atoms with van der Waals surface area (Å²) in [7, 11) is -3.87. The van der Waals surface area contributed by atoms with Crippen molar-refractivity contribution >= 4 is 39.1 Å². The van der Waals surface area contributed by atoms with Crippen LogP contribution in [-0.2, 0) is 24.3 Å². The van der Waals surface area contributed by atoms with E-state index in [1.54, 1.807) is 25.1 Å². The Kier molecular flexibility index (Phi) is 8.07. The maximum Gasteiger partial charge on any atom is 0.331 e. The van der Waals surface area contributed by atoms with E-state index < -0.39 is 21.4 Å². The Bertz CT molecular complexity index is 782. The summed E-state index contributed by atoms with van der Waals surface area (Å²) < 4.78 is 37.6. The minimum absolute atomic E-state index is 0.0395. The van der Waals surface area contributed by atoms with Crippen LogP contribution >= 0.6 is 11.6 Å². The van der Waals surface area contributed by atoms with Crippen molar-refractivity contribution in [1.82, 2.24) is 4.31 Å². The van der Waals surface area contributed by atoms with E-state index in [0.717, 1.165) is 17.1 Å². The number of aliphatic imine (C=N–C) groups is 1. The van der Waals surface area contributed by atoms with Gasteiger partial charge in [0.1, 0.15) is 10.7 Å². The number of para-hydroxylation sites is 1. The minimum atomic E-state index is -3.87. The zero-order chi connectivity index (χ0) is 19.9. The third-order valence-electron chi connectivity index (χ3n) is 3.94. The minimum Gasteiger partial charge on any atom is -0.465 e. The van der Waals surface area contributed by atoms with Gasteiger partial charge in [-0.1, -0.05) is 25.5 Å². The first-order valence-electron chi connectivity index (χ1n) is 9.02. The van der Waals surface area contributed by atoms with Gasteiger partial charge in [-0.25, -0.2) is 18.2 Å². The summed E-state index contributed by atoms with van der Waals surface area (Å²) in [5.41, 5.74) is 0.262. The van der Waals surface area contributed by atoms with Crippen molar-refractivity contribution < 1.29 is 22.7 Å². The van der Waals surface area contributed by atoms with Crippen molar-refractivity contribution in [3.05, 3.63) is 24.3 Å². The Hall–Kier alpha value is -1.64. The lowest BCUT2D eigenvalue weighted by molar-refractivity contribution is -0.141. The van der Waals surface area contributed by atoms with Gasteiger partial charge in [-0.3, -0.25) is 4.31 Å². The molecule has 2 rings (SSSR count).